The maximum Gasteiger partial charge on any atom is 0.290 e. The second-order valence-corrected chi connectivity index (χ2v) is 8.59. The number of aromatic amines is 2. The van der Waals surface area contributed by atoms with Crippen molar-refractivity contribution in [1.82, 2.24) is 40.4 Å². The normalized spacial score (nSPS) is 11.3. The molecule has 0 saturated heterocycles. The van der Waals surface area contributed by atoms with Gasteiger partial charge in [-0.15, -0.1) is 15.3 Å². The highest BCUT2D eigenvalue weighted by Crippen LogP contribution is 2.30. The molecule has 0 unspecified atom stereocenters. The average molecular weight is 501 g/mol. The van der Waals surface area contributed by atoms with Crippen LogP contribution in [0.3, 0.4) is 0 Å². The van der Waals surface area contributed by atoms with Crippen molar-refractivity contribution in [3.05, 3.63) is 70.3 Å². The zero-order valence-corrected chi connectivity index (χ0v) is 20.8. The number of aromatic nitrogens is 8. The van der Waals surface area contributed by atoms with Gasteiger partial charge in [0.15, 0.2) is 5.52 Å². The summed E-state index contributed by atoms with van der Waals surface area (Å²) >= 11 is 0. The number of imidazole rings is 1. The van der Waals surface area contributed by atoms with E-state index in [4.69, 9.17) is 14.5 Å². The second-order valence-electron chi connectivity index (χ2n) is 8.59. The van der Waals surface area contributed by atoms with Crippen LogP contribution in [-0.4, -0.2) is 60.7 Å². The van der Waals surface area contributed by atoms with Crippen molar-refractivity contribution >= 4 is 11.0 Å². The van der Waals surface area contributed by atoms with Crippen LogP contribution >= 0.6 is 0 Å². The molecule has 2 N–H and O–H groups in total. The first-order valence-electron chi connectivity index (χ1n) is 12.2. The minimum atomic E-state index is -0.296. The Labute approximate surface area is 212 Å². The predicted octanol–water partition coefficient (Wildman–Crippen LogP) is 3.38. The number of ether oxygens (including phenoxy) is 2. The summed E-state index contributed by atoms with van der Waals surface area (Å²) in [6.45, 7) is 3.35. The summed E-state index contributed by atoms with van der Waals surface area (Å²) in [4.78, 5) is 17.7. The molecule has 0 aliphatic rings. The Balaban J connectivity index is 1.49. The lowest BCUT2D eigenvalue weighted by Gasteiger charge is -2.11. The number of hydrogen-bond donors (Lipinski definition) is 2. The molecular weight excluding hydrogens is 472 g/mol. The number of unbranched alkanes of at least 4 members (excludes halogenated alkanes) is 1. The molecule has 0 radical (unpaired) electrons. The summed E-state index contributed by atoms with van der Waals surface area (Å²) in [7, 11) is 1.60. The second kappa shape index (κ2) is 11.1. The molecule has 0 atom stereocenters. The van der Waals surface area contributed by atoms with Crippen LogP contribution in [0.2, 0.25) is 0 Å². The van der Waals surface area contributed by atoms with Crippen LogP contribution in [0.15, 0.2) is 53.3 Å². The van der Waals surface area contributed by atoms with Crippen molar-refractivity contribution in [2.45, 2.75) is 32.7 Å². The molecule has 2 aromatic carbocycles. The average Bonchev–Trinajstić information content (AvgIpc) is 3.59. The van der Waals surface area contributed by atoms with Gasteiger partial charge >= 0.3 is 0 Å². The Bertz CT molecular complexity index is 1520. The number of methoxy groups -OCH3 is 1. The van der Waals surface area contributed by atoms with Crippen molar-refractivity contribution < 1.29 is 9.47 Å². The van der Waals surface area contributed by atoms with E-state index in [1.54, 1.807) is 7.11 Å². The fourth-order valence-electron chi connectivity index (χ4n) is 4.28. The third-order valence-corrected chi connectivity index (χ3v) is 6.12. The fraction of sp³-hybridized carbons (Fsp3) is 0.308. The third kappa shape index (κ3) is 5.12. The summed E-state index contributed by atoms with van der Waals surface area (Å²) in [5.74, 6) is 1.68. The summed E-state index contributed by atoms with van der Waals surface area (Å²) in [6.07, 6.45) is 2.72. The lowest BCUT2D eigenvalue weighted by molar-refractivity contribution is 0.144. The first-order chi connectivity index (χ1) is 18.2. The molecule has 5 aromatic rings. The van der Waals surface area contributed by atoms with Gasteiger partial charge in [-0.2, -0.15) is 5.21 Å². The number of nitrogens with one attached hydrogen (secondary N) is 2. The summed E-state index contributed by atoms with van der Waals surface area (Å²) in [5.41, 5.74) is 4.60. The van der Waals surface area contributed by atoms with Gasteiger partial charge in [-0.3, -0.25) is 4.79 Å². The van der Waals surface area contributed by atoms with Gasteiger partial charge in [-0.1, -0.05) is 61.9 Å². The van der Waals surface area contributed by atoms with Gasteiger partial charge in [0, 0.05) is 25.6 Å². The van der Waals surface area contributed by atoms with Gasteiger partial charge in [0.1, 0.15) is 17.9 Å². The van der Waals surface area contributed by atoms with Crippen molar-refractivity contribution in [2.24, 2.45) is 0 Å². The van der Waals surface area contributed by atoms with Gasteiger partial charge < -0.3 is 14.0 Å². The first kappa shape index (κ1) is 24.3. The van der Waals surface area contributed by atoms with Crippen LogP contribution in [0.1, 0.15) is 31.2 Å². The first-order valence-corrected chi connectivity index (χ1v) is 12.2. The maximum absolute atomic E-state index is 12.9. The van der Waals surface area contributed by atoms with E-state index in [9.17, 15) is 4.79 Å². The van der Waals surface area contributed by atoms with E-state index in [1.807, 2.05) is 28.8 Å². The van der Waals surface area contributed by atoms with Crippen LogP contribution in [0.25, 0.3) is 33.5 Å². The molecular formula is C26H28N8O3. The van der Waals surface area contributed by atoms with Gasteiger partial charge in [-0.25, -0.2) is 10.1 Å². The molecule has 11 nitrogen and oxygen atoms in total. The van der Waals surface area contributed by atoms with Crippen LogP contribution in [0, 0.1) is 0 Å². The maximum atomic E-state index is 12.9. The highest BCUT2D eigenvalue weighted by molar-refractivity contribution is 5.81. The van der Waals surface area contributed by atoms with E-state index in [0.717, 1.165) is 47.3 Å². The molecule has 0 bridgehead atoms. The lowest BCUT2D eigenvalue weighted by atomic mass is 9.98. The molecule has 3 aromatic heterocycles. The van der Waals surface area contributed by atoms with Crippen LogP contribution < -0.4 is 10.3 Å². The number of hydrogen-bond acceptors (Lipinski definition) is 8. The monoisotopic (exact) mass is 500 g/mol. The molecule has 0 aliphatic carbocycles. The van der Waals surface area contributed by atoms with E-state index >= 15 is 0 Å². The highest BCUT2D eigenvalue weighted by atomic mass is 16.5. The fourth-order valence-corrected chi connectivity index (χ4v) is 4.28. The van der Waals surface area contributed by atoms with Gasteiger partial charge in [0.05, 0.1) is 6.61 Å². The minimum Gasteiger partial charge on any atom is -0.473 e. The third-order valence-electron chi connectivity index (χ3n) is 6.12. The molecule has 0 fully saturated rings. The van der Waals surface area contributed by atoms with Crippen molar-refractivity contribution in [1.29, 1.82) is 0 Å². The number of tetrazole rings is 1. The molecule has 0 amide bonds. The van der Waals surface area contributed by atoms with Crippen LogP contribution in [-0.2, 0) is 17.7 Å². The zero-order chi connectivity index (χ0) is 25.6. The van der Waals surface area contributed by atoms with E-state index in [-0.39, 0.29) is 5.56 Å². The predicted molar refractivity (Wildman–Crippen MR) is 138 cm³/mol. The molecule has 0 aliphatic heterocycles. The molecule has 5 rings (SSSR count). The smallest absolute Gasteiger partial charge is 0.290 e. The summed E-state index contributed by atoms with van der Waals surface area (Å²) in [5, 5.41) is 21.1. The highest BCUT2D eigenvalue weighted by Gasteiger charge is 2.19. The molecule has 11 heteroatoms. The van der Waals surface area contributed by atoms with Crippen molar-refractivity contribution in [2.75, 3.05) is 20.3 Å². The number of benzene rings is 2. The van der Waals surface area contributed by atoms with E-state index in [0.29, 0.717) is 42.5 Å². The van der Waals surface area contributed by atoms with E-state index in [1.165, 1.54) is 0 Å². The van der Waals surface area contributed by atoms with Crippen LogP contribution in [0.5, 0.6) is 5.88 Å². The Morgan fingerprint density at radius 2 is 1.81 bits per heavy atom. The molecule has 0 spiro atoms. The van der Waals surface area contributed by atoms with Gasteiger partial charge in [-0.05, 0) is 28.3 Å². The Morgan fingerprint density at radius 1 is 1.00 bits per heavy atom. The number of H-pyrrole nitrogens is 2. The molecule has 37 heavy (non-hydrogen) atoms. The summed E-state index contributed by atoms with van der Waals surface area (Å²) < 4.78 is 12.8. The number of rotatable bonds is 11. The van der Waals surface area contributed by atoms with Crippen molar-refractivity contribution in [3.8, 4) is 28.4 Å². The van der Waals surface area contributed by atoms with E-state index < -0.39 is 0 Å². The SMILES string of the molecule is CCCCc1nc2c(OCCOC)n[nH]c(=O)c2n1Cc1ccc(-c2ccccc2-c2nn[nH]n2)cc1. The number of aryl methyl sites for hydroxylation is 1. The lowest BCUT2D eigenvalue weighted by Crippen LogP contribution is -2.16. The number of nitrogens with zero attached hydrogens (tertiary/aromatic N) is 6. The van der Waals surface area contributed by atoms with Crippen LogP contribution in [0.4, 0.5) is 0 Å². The van der Waals surface area contributed by atoms with E-state index in [2.05, 4.69) is 62.0 Å². The Hall–Kier alpha value is -4.38. The topological polar surface area (TPSA) is 136 Å². The Kier molecular flexibility index (Phi) is 7.31. The number of fused-ring (bicyclic) bond motifs is 1. The standard InChI is InChI=1S/C26H28N8O3/c1-3-4-9-21-27-22-23(25(35)30-31-26(22)37-15-14-36-2)34(21)16-17-10-12-18(13-11-17)19-7-5-6-8-20(19)24-28-32-33-29-24/h5-8,10-13H,3-4,9,14-16H2,1-2H3,(H,30,35)(H,28,29,32,33). The van der Waals surface area contributed by atoms with Gasteiger partial charge in [0.25, 0.3) is 11.4 Å². The largest absolute Gasteiger partial charge is 0.473 e. The molecule has 3 heterocycles. The quantitative estimate of drug-likeness (QED) is 0.263. The van der Waals surface area contributed by atoms with Crippen molar-refractivity contribution in [3.63, 3.8) is 0 Å². The summed E-state index contributed by atoms with van der Waals surface area (Å²) in [6, 6.07) is 16.2. The van der Waals surface area contributed by atoms with Gasteiger partial charge in [0.2, 0.25) is 5.82 Å². The zero-order valence-electron chi connectivity index (χ0n) is 20.8. The molecule has 0 saturated carbocycles. The molecule has 190 valence electrons. The Morgan fingerprint density at radius 3 is 2.54 bits per heavy atom. The minimum absolute atomic E-state index is 0.296.